The Morgan fingerprint density at radius 1 is 1.03 bits per heavy atom. The molecule has 2 saturated heterocycles. The Bertz CT molecular complexity index is 746. The molecular formula is C24H34N2O3. The molecule has 1 aliphatic carbocycles. The van der Waals surface area contributed by atoms with Crippen LogP contribution in [0.4, 0.5) is 0 Å². The van der Waals surface area contributed by atoms with Gasteiger partial charge in [0.05, 0.1) is 13.2 Å². The molecule has 5 nitrogen and oxygen atoms in total. The predicted molar refractivity (Wildman–Crippen MR) is 113 cm³/mol. The summed E-state index contributed by atoms with van der Waals surface area (Å²) in [7, 11) is 0. The van der Waals surface area contributed by atoms with Gasteiger partial charge in [0.25, 0.3) is 0 Å². The molecule has 5 heteroatoms. The standard InChI is InChI=1S/C24H34N2O3/c1-18(2)15-22(27)25-9-7-24(8-10-25)17-19(20-5-3-4-6-21(20)24)16-23(28)26-11-13-29-14-12-26/h3-6,18-19H,7-17H2,1-2H3. The van der Waals surface area contributed by atoms with E-state index in [1.165, 1.54) is 11.1 Å². The van der Waals surface area contributed by atoms with E-state index < -0.39 is 0 Å². The van der Waals surface area contributed by atoms with E-state index in [-0.39, 0.29) is 11.3 Å². The van der Waals surface area contributed by atoms with E-state index in [1.54, 1.807) is 0 Å². The number of carbonyl (C=O) groups excluding carboxylic acids is 2. The quantitative estimate of drug-likeness (QED) is 0.782. The van der Waals surface area contributed by atoms with E-state index in [4.69, 9.17) is 4.74 Å². The van der Waals surface area contributed by atoms with Gasteiger partial charge in [-0.15, -0.1) is 0 Å². The van der Waals surface area contributed by atoms with Crippen molar-refractivity contribution in [3.63, 3.8) is 0 Å². The van der Waals surface area contributed by atoms with Crippen LogP contribution < -0.4 is 0 Å². The highest BCUT2D eigenvalue weighted by atomic mass is 16.5. The highest BCUT2D eigenvalue weighted by Crippen LogP contribution is 2.52. The summed E-state index contributed by atoms with van der Waals surface area (Å²) >= 11 is 0. The number of ether oxygens (including phenoxy) is 1. The van der Waals surface area contributed by atoms with Crippen molar-refractivity contribution in [2.24, 2.45) is 5.92 Å². The van der Waals surface area contributed by atoms with Gasteiger partial charge in [-0.05, 0) is 47.6 Å². The number of carbonyl (C=O) groups is 2. The molecule has 1 aromatic carbocycles. The Labute approximate surface area is 174 Å². The zero-order valence-electron chi connectivity index (χ0n) is 17.9. The lowest BCUT2D eigenvalue weighted by atomic mass is 9.73. The molecule has 0 radical (unpaired) electrons. The summed E-state index contributed by atoms with van der Waals surface area (Å²) < 4.78 is 5.39. The molecule has 1 spiro atoms. The van der Waals surface area contributed by atoms with Crippen LogP contribution in [0.25, 0.3) is 0 Å². The molecule has 1 unspecified atom stereocenters. The molecule has 158 valence electrons. The minimum absolute atomic E-state index is 0.126. The molecule has 0 aromatic heterocycles. The van der Waals surface area contributed by atoms with Crippen LogP contribution in [-0.4, -0.2) is 61.0 Å². The van der Waals surface area contributed by atoms with E-state index in [1.807, 2.05) is 4.90 Å². The first-order valence-electron chi connectivity index (χ1n) is 11.2. The summed E-state index contributed by atoms with van der Waals surface area (Å²) in [5.74, 6) is 1.25. The van der Waals surface area contributed by atoms with Crippen LogP contribution in [0.1, 0.15) is 63.0 Å². The summed E-state index contributed by atoms with van der Waals surface area (Å²) in [6.45, 7) is 8.61. The summed E-state index contributed by atoms with van der Waals surface area (Å²) in [6, 6.07) is 8.71. The second-order valence-electron chi connectivity index (χ2n) is 9.44. The molecule has 29 heavy (non-hydrogen) atoms. The van der Waals surface area contributed by atoms with Crippen LogP contribution in [0.2, 0.25) is 0 Å². The number of hydrogen-bond acceptors (Lipinski definition) is 3. The molecular weight excluding hydrogens is 364 g/mol. The van der Waals surface area contributed by atoms with Gasteiger partial charge in [-0.2, -0.15) is 0 Å². The normalized spacial score (nSPS) is 23.5. The molecule has 0 saturated carbocycles. The average Bonchev–Trinajstić information content (AvgIpc) is 3.02. The van der Waals surface area contributed by atoms with Gasteiger partial charge in [0.1, 0.15) is 0 Å². The average molecular weight is 399 g/mol. The summed E-state index contributed by atoms with van der Waals surface area (Å²) in [5.41, 5.74) is 2.91. The summed E-state index contributed by atoms with van der Waals surface area (Å²) in [4.78, 5) is 29.4. The van der Waals surface area contributed by atoms with Crippen LogP contribution >= 0.6 is 0 Å². The number of piperidine rings is 1. The summed E-state index contributed by atoms with van der Waals surface area (Å²) in [5, 5.41) is 0. The Morgan fingerprint density at radius 3 is 2.38 bits per heavy atom. The van der Waals surface area contributed by atoms with Crippen molar-refractivity contribution in [2.75, 3.05) is 39.4 Å². The largest absolute Gasteiger partial charge is 0.378 e. The van der Waals surface area contributed by atoms with Gasteiger partial charge in [-0.25, -0.2) is 0 Å². The fourth-order valence-electron chi connectivity index (χ4n) is 5.50. The zero-order valence-corrected chi connectivity index (χ0v) is 17.9. The maximum absolute atomic E-state index is 12.9. The molecule has 2 amide bonds. The minimum Gasteiger partial charge on any atom is -0.378 e. The van der Waals surface area contributed by atoms with Gasteiger partial charge in [-0.3, -0.25) is 9.59 Å². The van der Waals surface area contributed by atoms with E-state index in [0.717, 1.165) is 32.4 Å². The van der Waals surface area contributed by atoms with Crippen molar-refractivity contribution in [1.29, 1.82) is 0 Å². The van der Waals surface area contributed by atoms with Crippen molar-refractivity contribution in [1.82, 2.24) is 9.80 Å². The lowest BCUT2D eigenvalue weighted by Crippen LogP contribution is -2.44. The third kappa shape index (κ3) is 4.20. The van der Waals surface area contributed by atoms with E-state index >= 15 is 0 Å². The molecule has 0 N–H and O–H groups in total. The topological polar surface area (TPSA) is 49.9 Å². The lowest BCUT2D eigenvalue weighted by Gasteiger charge is -2.40. The second-order valence-corrected chi connectivity index (χ2v) is 9.44. The zero-order chi connectivity index (χ0) is 20.4. The number of amides is 2. The predicted octanol–water partition coefficient (Wildman–Crippen LogP) is 3.33. The van der Waals surface area contributed by atoms with E-state index in [0.29, 0.717) is 56.9 Å². The number of likely N-dealkylation sites (tertiary alicyclic amines) is 1. The van der Waals surface area contributed by atoms with Gasteiger partial charge in [0.2, 0.25) is 11.8 Å². The number of hydrogen-bond donors (Lipinski definition) is 0. The van der Waals surface area contributed by atoms with E-state index in [2.05, 4.69) is 43.0 Å². The van der Waals surface area contributed by atoms with Crippen LogP contribution in [-0.2, 0) is 19.7 Å². The van der Waals surface area contributed by atoms with Crippen LogP contribution in [0.15, 0.2) is 24.3 Å². The second kappa shape index (κ2) is 8.47. The Morgan fingerprint density at radius 2 is 1.69 bits per heavy atom. The molecule has 3 aliphatic rings. The van der Waals surface area contributed by atoms with E-state index in [9.17, 15) is 9.59 Å². The first-order valence-corrected chi connectivity index (χ1v) is 11.2. The van der Waals surface area contributed by atoms with Crippen molar-refractivity contribution < 1.29 is 14.3 Å². The van der Waals surface area contributed by atoms with Gasteiger partial charge in [-0.1, -0.05) is 38.1 Å². The lowest BCUT2D eigenvalue weighted by molar-refractivity contribution is -0.135. The number of rotatable bonds is 4. The van der Waals surface area contributed by atoms with Crippen LogP contribution in [0.3, 0.4) is 0 Å². The number of fused-ring (bicyclic) bond motifs is 2. The molecule has 1 aromatic rings. The highest BCUT2D eigenvalue weighted by Gasteiger charge is 2.46. The highest BCUT2D eigenvalue weighted by molar-refractivity contribution is 5.78. The number of benzene rings is 1. The monoisotopic (exact) mass is 398 g/mol. The molecule has 0 bridgehead atoms. The maximum atomic E-state index is 12.9. The Hall–Kier alpha value is -1.88. The molecule has 2 heterocycles. The van der Waals surface area contributed by atoms with Gasteiger partial charge in [0.15, 0.2) is 0 Å². The van der Waals surface area contributed by atoms with Crippen molar-refractivity contribution in [3.8, 4) is 0 Å². The molecule has 4 rings (SSSR count). The SMILES string of the molecule is CC(C)CC(=O)N1CCC2(CC1)CC(CC(=O)N1CCOCC1)c1ccccc12. The summed E-state index contributed by atoms with van der Waals surface area (Å²) in [6.07, 6.45) is 4.29. The molecule has 1 atom stereocenters. The number of morpholine rings is 1. The first-order chi connectivity index (χ1) is 14.0. The van der Waals surface area contributed by atoms with Crippen molar-refractivity contribution in [3.05, 3.63) is 35.4 Å². The molecule has 2 fully saturated rings. The fraction of sp³-hybridized carbons (Fsp3) is 0.667. The molecule has 2 aliphatic heterocycles. The number of nitrogens with zero attached hydrogens (tertiary/aromatic N) is 2. The van der Waals surface area contributed by atoms with Gasteiger partial charge < -0.3 is 14.5 Å². The minimum atomic E-state index is 0.126. The Balaban J connectivity index is 1.46. The van der Waals surface area contributed by atoms with Crippen molar-refractivity contribution in [2.45, 2.75) is 57.3 Å². The first kappa shape index (κ1) is 20.4. The third-order valence-corrected chi connectivity index (χ3v) is 7.05. The van der Waals surface area contributed by atoms with Crippen LogP contribution in [0.5, 0.6) is 0 Å². The Kier molecular flexibility index (Phi) is 5.95. The van der Waals surface area contributed by atoms with Crippen molar-refractivity contribution >= 4 is 11.8 Å². The fourth-order valence-corrected chi connectivity index (χ4v) is 5.50. The van der Waals surface area contributed by atoms with Gasteiger partial charge >= 0.3 is 0 Å². The smallest absolute Gasteiger partial charge is 0.223 e. The van der Waals surface area contributed by atoms with Gasteiger partial charge in [0, 0.05) is 39.0 Å². The third-order valence-electron chi connectivity index (χ3n) is 7.05. The van der Waals surface area contributed by atoms with Crippen LogP contribution in [0, 0.1) is 5.92 Å². The maximum Gasteiger partial charge on any atom is 0.223 e.